The van der Waals surface area contributed by atoms with Crippen molar-refractivity contribution in [2.24, 2.45) is 0 Å². The Morgan fingerprint density at radius 2 is 2.23 bits per heavy atom. The van der Waals surface area contributed by atoms with Gasteiger partial charge in [-0.2, -0.15) is 0 Å². The van der Waals surface area contributed by atoms with Gasteiger partial charge >= 0.3 is 0 Å². The Hall–Kier alpha value is -1.78. The van der Waals surface area contributed by atoms with Crippen molar-refractivity contribution in [2.45, 2.75) is 13.8 Å². The highest BCUT2D eigenvalue weighted by molar-refractivity contribution is 5.95. The van der Waals surface area contributed by atoms with Crippen LogP contribution in [0.4, 0.5) is 5.69 Å². The van der Waals surface area contributed by atoms with Crippen LogP contribution in [0.2, 0.25) is 0 Å². The second-order valence-electron chi connectivity index (χ2n) is 2.69. The molecule has 0 saturated heterocycles. The van der Waals surface area contributed by atoms with Gasteiger partial charge in [0.25, 0.3) is 5.69 Å². The van der Waals surface area contributed by atoms with Crippen LogP contribution in [0, 0.1) is 17.0 Å². The molecule has 0 fully saturated rings. The van der Waals surface area contributed by atoms with Crippen molar-refractivity contribution >= 4 is 11.5 Å². The third-order valence-electron chi connectivity index (χ3n) is 1.53. The number of hydrogen-bond donors (Lipinski definition) is 0. The molecule has 0 radical (unpaired) electrons. The molecule has 0 saturated carbocycles. The Balaban J connectivity index is 3.35. The molecule has 0 N–H and O–H groups in total. The fourth-order valence-electron chi connectivity index (χ4n) is 0.964. The Morgan fingerprint density at radius 1 is 1.62 bits per heavy atom. The van der Waals surface area contributed by atoms with Crippen LogP contribution < -0.4 is 0 Å². The van der Waals surface area contributed by atoms with Gasteiger partial charge < -0.3 is 0 Å². The van der Waals surface area contributed by atoms with Crippen LogP contribution in [0.1, 0.15) is 23.0 Å². The van der Waals surface area contributed by atoms with E-state index in [9.17, 15) is 14.9 Å². The van der Waals surface area contributed by atoms with E-state index in [-0.39, 0.29) is 11.4 Å². The summed E-state index contributed by atoms with van der Waals surface area (Å²) in [5.41, 5.74) is 0.347. The average Bonchev–Trinajstić information content (AvgIpc) is 2.03. The fourth-order valence-corrected chi connectivity index (χ4v) is 0.964. The minimum absolute atomic E-state index is 0.0874. The minimum Gasteiger partial charge on any atom is -0.292 e. The van der Waals surface area contributed by atoms with Gasteiger partial charge in [-0.1, -0.05) is 0 Å². The average molecular weight is 180 g/mol. The fraction of sp³-hybridized carbons (Fsp3) is 0.250. The van der Waals surface area contributed by atoms with E-state index >= 15 is 0 Å². The summed E-state index contributed by atoms with van der Waals surface area (Å²) >= 11 is 0. The largest absolute Gasteiger partial charge is 0.298 e. The van der Waals surface area contributed by atoms with Gasteiger partial charge in [-0.05, 0) is 12.5 Å². The van der Waals surface area contributed by atoms with Crippen molar-refractivity contribution < 1.29 is 9.72 Å². The summed E-state index contributed by atoms with van der Waals surface area (Å²) in [6.07, 6.45) is 1.43. The quantitative estimate of drug-likeness (QED) is 0.392. The van der Waals surface area contributed by atoms with E-state index in [1.54, 1.807) is 6.92 Å². The third-order valence-corrected chi connectivity index (χ3v) is 1.53. The van der Waals surface area contributed by atoms with E-state index in [1.165, 1.54) is 19.2 Å². The van der Waals surface area contributed by atoms with Gasteiger partial charge in [0.05, 0.1) is 4.92 Å². The van der Waals surface area contributed by atoms with Gasteiger partial charge in [-0.25, -0.2) is 4.98 Å². The molecule has 0 bridgehead atoms. The number of pyridine rings is 1. The number of carbonyl (C=O) groups excluding carboxylic acids is 1. The van der Waals surface area contributed by atoms with E-state index in [1.807, 2.05) is 0 Å². The highest BCUT2D eigenvalue weighted by Gasteiger charge is 2.18. The molecule has 0 spiro atoms. The normalized spacial score (nSPS) is 9.69. The SMILES string of the molecule is CC(=O)c1ncc(C)cc1[N+](=O)[O-]. The molecule has 0 aliphatic rings. The first kappa shape index (κ1) is 9.31. The lowest BCUT2D eigenvalue weighted by atomic mass is 10.2. The number of ketones is 1. The minimum atomic E-state index is -0.600. The Kier molecular flexibility index (Phi) is 2.36. The molecule has 13 heavy (non-hydrogen) atoms. The molecule has 0 aliphatic heterocycles. The maximum absolute atomic E-state index is 10.9. The van der Waals surface area contributed by atoms with Gasteiger partial charge in [-0.3, -0.25) is 14.9 Å². The van der Waals surface area contributed by atoms with Crippen LogP contribution in [0.5, 0.6) is 0 Å². The van der Waals surface area contributed by atoms with Crippen molar-refractivity contribution in [1.82, 2.24) is 4.98 Å². The zero-order valence-corrected chi connectivity index (χ0v) is 7.27. The van der Waals surface area contributed by atoms with E-state index in [0.717, 1.165) is 0 Å². The van der Waals surface area contributed by atoms with Crippen LogP contribution in [0.25, 0.3) is 0 Å². The summed E-state index contributed by atoms with van der Waals surface area (Å²) in [5, 5.41) is 10.5. The highest BCUT2D eigenvalue weighted by atomic mass is 16.6. The van der Waals surface area contributed by atoms with Gasteiger partial charge in [0.15, 0.2) is 11.5 Å². The van der Waals surface area contributed by atoms with Gasteiger partial charge in [-0.15, -0.1) is 0 Å². The maximum Gasteiger partial charge on any atom is 0.298 e. The summed E-state index contributed by atoms with van der Waals surface area (Å²) in [6, 6.07) is 1.34. The number of nitro groups is 1. The van der Waals surface area contributed by atoms with Crippen LogP contribution in [0.15, 0.2) is 12.3 Å². The van der Waals surface area contributed by atoms with Gasteiger partial charge in [0, 0.05) is 19.2 Å². The molecule has 5 heteroatoms. The number of nitrogens with zero attached hydrogens (tertiary/aromatic N) is 2. The highest BCUT2D eigenvalue weighted by Crippen LogP contribution is 2.17. The van der Waals surface area contributed by atoms with Crippen molar-refractivity contribution in [1.29, 1.82) is 0 Å². The molecule has 5 nitrogen and oxygen atoms in total. The van der Waals surface area contributed by atoms with E-state index < -0.39 is 10.7 Å². The van der Waals surface area contributed by atoms with E-state index in [4.69, 9.17) is 0 Å². The van der Waals surface area contributed by atoms with Crippen molar-refractivity contribution in [3.63, 3.8) is 0 Å². The lowest BCUT2D eigenvalue weighted by Gasteiger charge is -1.98. The Bertz CT molecular complexity index is 374. The zero-order chi connectivity index (χ0) is 10.0. The molecule has 1 aromatic rings. The number of rotatable bonds is 2. The summed E-state index contributed by atoms with van der Waals surface area (Å²) in [4.78, 5) is 24.5. The predicted octanol–water partition coefficient (Wildman–Crippen LogP) is 1.50. The molecular weight excluding hydrogens is 172 g/mol. The second kappa shape index (κ2) is 3.30. The van der Waals surface area contributed by atoms with Crippen molar-refractivity contribution in [3.8, 4) is 0 Å². The molecule has 1 aromatic heterocycles. The molecule has 1 rings (SSSR count). The third kappa shape index (κ3) is 1.87. The molecular formula is C8H8N2O3. The molecule has 0 amide bonds. The van der Waals surface area contributed by atoms with E-state index in [0.29, 0.717) is 5.56 Å². The number of hydrogen-bond acceptors (Lipinski definition) is 4. The van der Waals surface area contributed by atoms with Crippen LogP contribution in [-0.2, 0) is 0 Å². The second-order valence-corrected chi connectivity index (χ2v) is 2.69. The molecule has 68 valence electrons. The molecule has 0 atom stereocenters. The number of carbonyl (C=O) groups is 1. The van der Waals surface area contributed by atoms with Crippen LogP contribution in [-0.4, -0.2) is 15.7 Å². The summed E-state index contributed by atoms with van der Waals surface area (Å²) in [6.45, 7) is 2.94. The summed E-state index contributed by atoms with van der Waals surface area (Å²) in [5.74, 6) is -0.397. The smallest absolute Gasteiger partial charge is 0.292 e. The van der Waals surface area contributed by atoms with Crippen molar-refractivity contribution in [2.75, 3.05) is 0 Å². The Morgan fingerprint density at radius 3 is 2.69 bits per heavy atom. The van der Waals surface area contributed by atoms with E-state index in [2.05, 4.69) is 4.98 Å². The number of aromatic nitrogens is 1. The lowest BCUT2D eigenvalue weighted by molar-refractivity contribution is -0.385. The summed E-state index contributed by atoms with van der Waals surface area (Å²) < 4.78 is 0. The molecule has 1 heterocycles. The standard InChI is InChI=1S/C8H8N2O3/c1-5-3-7(10(12)13)8(6(2)11)9-4-5/h3-4H,1-2H3. The maximum atomic E-state index is 10.9. The topological polar surface area (TPSA) is 73.1 Å². The van der Waals surface area contributed by atoms with Gasteiger partial charge in [0.1, 0.15) is 0 Å². The van der Waals surface area contributed by atoms with Crippen molar-refractivity contribution in [3.05, 3.63) is 33.6 Å². The zero-order valence-electron chi connectivity index (χ0n) is 7.27. The summed E-state index contributed by atoms with van der Waals surface area (Å²) in [7, 11) is 0. The number of Topliss-reactive ketones (excluding diaryl/α,β-unsaturated/α-hetero) is 1. The number of aryl methyl sites for hydroxylation is 1. The monoisotopic (exact) mass is 180 g/mol. The Labute approximate surface area is 74.6 Å². The first-order valence-electron chi connectivity index (χ1n) is 3.64. The molecule has 0 aromatic carbocycles. The van der Waals surface area contributed by atoms with Gasteiger partial charge in [0.2, 0.25) is 0 Å². The van der Waals surface area contributed by atoms with Crippen LogP contribution in [0.3, 0.4) is 0 Å². The first-order chi connectivity index (χ1) is 6.02. The molecule has 0 aliphatic carbocycles. The predicted molar refractivity (Wildman–Crippen MR) is 45.6 cm³/mol. The van der Waals surface area contributed by atoms with Crippen LogP contribution >= 0.6 is 0 Å². The lowest BCUT2D eigenvalue weighted by Crippen LogP contribution is -2.03. The molecule has 0 unspecified atom stereocenters. The first-order valence-corrected chi connectivity index (χ1v) is 3.64.